The Morgan fingerprint density at radius 3 is 2.03 bits per heavy atom. The number of hydrogen-bond acceptors (Lipinski definition) is 4. The fraction of sp³-hybridized carbons (Fsp3) is 0.130. The lowest BCUT2D eigenvalue weighted by atomic mass is 10.1. The zero-order chi connectivity index (χ0) is 22.1. The minimum Gasteiger partial charge on any atom is -0.480 e. The summed E-state index contributed by atoms with van der Waals surface area (Å²) in [5, 5.41) is 12.4. The van der Waals surface area contributed by atoms with E-state index in [9.17, 15) is 23.1 Å². The minimum absolute atomic E-state index is 0.0791. The van der Waals surface area contributed by atoms with Crippen molar-refractivity contribution in [1.82, 2.24) is 4.72 Å². The van der Waals surface area contributed by atoms with Gasteiger partial charge < -0.3 is 10.4 Å². The largest absolute Gasteiger partial charge is 0.480 e. The first-order valence-electron chi connectivity index (χ1n) is 9.61. The molecule has 0 spiro atoms. The molecule has 3 aromatic rings. The summed E-state index contributed by atoms with van der Waals surface area (Å²) in [7, 11) is -4.08. The maximum Gasteiger partial charge on any atom is 0.325 e. The van der Waals surface area contributed by atoms with E-state index in [1.54, 1.807) is 54.6 Å². The van der Waals surface area contributed by atoms with Crippen molar-refractivity contribution in [1.29, 1.82) is 0 Å². The summed E-state index contributed by atoms with van der Waals surface area (Å²) < 4.78 is 28.1. The molecule has 1 aliphatic carbocycles. The van der Waals surface area contributed by atoms with Crippen molar-refractivity contribution in [3.05, 3.63) is 96.1 Å². The molecule has 0 aromatic heterocycles. The Bertz CT molecular complexity index is 1210. The second kappa shape index (κ2) is 7.98. The zero-order valence-corrected chi connectivity index (χ0v) is 17.2. The lowest BCUT2D eigenvalue weighted by Gasteiger charge is -2.16. The molecule has 31 heavy (non-hydrogen) atoms. The van der Waals surface area contributed by atoms with Crippen LogP contribution in [0.3, 0.4) is 0 Å². The van der Waals surface area contributed by atoms with Crippen LogP contribution in [0, 0.1) is 0 Å². The average Bonchev–Trinajstić information content (AvgIpc) is 3.50. The highest BCUT2D eigenvalue weighted by Gasteiger charge is 2.63. The summed E-state index contributed by atoms with van der Waals surface area (Å²) in [6.07, 6.45) is 0.177. The number of carbonyl (C=O) groups is 2. The highest BCUT2D eigenvalue weighted by Crippen LogP contribution is 2.52. The first kappa shape index (κ1) is 20.8. The van der Waals surface area contributed by atoms with Crippen LogP contribution < -0.4 is 10.0 Å². The van der Waals surface area contributed by atoms with Crippen molar-refractivity contribution in [2.75, 3.05) is 5.32 Å². The Labute approximate surface area is 179 Å². The molecule has 158 valence electrons. The molecule has 0 radical (unpaired) electrons. The van der Waals surface area contributed by atoms with Gasteiger partial charge in [0.05, 0.1) is 4.90 Å². The van der Waals surface area contributed by atoms with Gasteiger partial charge >= 0.3 is 5.97 Å². The van der Waals surface area contributed by atoms with E-state index >= 15 is 0 Å². The maximum atomic E-state index is 12.9. The quantitative estimate of drug-likeness (QED) is 0.526. The molecule has 2 atom stereocenters. The standard InChI is InChI=1S/C23H20N2O5S/c26-21(17-9-5-2-6-10-17)24-18-11-13-19(14-12-18)31(29,30)25-23(22(27)28)15-20(23)16-7-3-1-4-8-16/h1-14,20,25H,15H2,(H,24,26)(H,27,28)/t20-,23-/m0/s1. The van der Waals surface area contributed by atoms with Crippen LogP contribution >= 0.6 is 0 Å². The van der Waals surface area contributed by atoms with Gasteiger partial charge in [0.25, 0.3) is 5.91 Å². The predicted molar refractivity (Wildman–Crippen MR) is 115 cm³/mol. The number of carboxylic acids is 1. The van der Waals surface area contributed by atoms with Crippen LogP contribution in [0.1, 0.15) is 28.3 Å². The Balaban J connectivity index is 1.50. The molecule has 1 aliphatic rings. The van der Waals surface area contributed by atoms with E-state index in [2.05, 4.69) is 10.0 Å². The van der Waals surface area contributed by atoms with Gasteiger partial charge in [0.15, 0.2) is 0 Å². The number of carboxylic acid groups (broad SMARTS) is 1. The van der Waals surface area contributed by atoms with Gasteiger partial charge in [-0.1, -0.05) is 48.5 Å². The average molecular weight is 436 g/mol. The third kappa shape index (κ3) is 4.21. The highest BCUT2D eigenvalue weighted by molar-refractivity contribution is 7.89. The fourth-order valence-electron chi connectivity index (χ4n) is 3.55. The Hall–Kier alpha value is -3.49. The fourth-order valence-corrected chi connectivity index (χ4v) is 4.96. The van der Waals surface area contributed by atoms with Crippen LogP contribution in [-0.4, -0.2) is 30.9 Å². The normalized spacial score (nSPS) is 20.1. The monoisotopic (exact) mass is 436 g/mol. The Morgan fingerprint density at radius 2 is 1.45 bits per heavy atom. The van der Waals surface area contributed by atoms with Crippen LogP contribution in [0.15, 0.2) is 89.8 Å². The van der Waals surface area contributed by atoms with E-state index in [1.165, 1.54) is 24.3 Å². The third-order valence-corrected chi connectivity index (χ3v) is 6.85. The van der Waals surface area contributed by atoms with Crippen LogP contribution in [0.4, 0.5) is 5.69 Å². The van der Waals surface area contributed by atoms with Crippen molar-refractivity contribution >= 4 is 27.6 Å². The summed E-state index contributed by atoms with van der Waals surface area (Å²) in [6.45, 7) is 0. The van der Waals surface area contributed by atoms with Crippen molar-refractivity contribution < 1.29 is 23.1 Å². The number of nitrogens with one attached hydrogen (secondary N) is 2. The SMILES string of the molecule is O=C(Nc1ccc(S(=O)(=O)N[C@@]2(C(=O)O)C[C@H]2c2ccccc2)cc1)c1ccccc1. The number of rotatable bonds is 7. The molecule has 0 aliphatic heterocycles. The van der Waals surface area contributed by atoms with Gasteiger partial charge in [-0.2, -0.15) is 4.72 Å². The topological polar surface area (TPSA) is 113 Å². The molecule has 1 amide bonds. The van der Waals surface area contributed by atoms with E-state index in [4.69, 9.17) is 0 Å². The molecule has 0 bridgehead atoms. The first-order chi connectivity index (χ1) is 14.8. The van der Waals surface area contributed by atoms with E-state index < -0.39 is 27.4 Å². The predicted octanol–water partition coefficient (Wildman–Crippen LogP) is 3.23. The van der Waals surface area contributed by atoms with Gasteiger partial charge in [0, 0.05) is 17.2 Å². The van der Waals surface area contributed by atoms with Crippen molar-refractivity contribution in [3.63, 3.8) is 0 Å². The molecule has 3 N–H and O–H groups in total. The summed E-state index contributed by atoms with van der Waals surface area (Å²) in [5.74, 6) is -1.97. The van der Waals surface area contributed by atoms with E-state index in [1.807, 2.05) is 6.07 Å². The van der Waals surface area contributed by atoms with E-state index in [0.717, 1.165) is 5.56 Å². The van der Waals surface area contributed by atoms with Gasteiger partial charge in [0.1, 0.15) is 5.54 Å². The molecule has 1 fully saturated rings. The van der Waals surface area contributed by atoms with Gasteiger partial charge in [-0.3, -0.25) is 9.59 Å². The van der Waals surface area contributed by atoms with Gasteiger partial charge in [-0.25, -0.2) is 8.42 Å². The number of amides is 1. The second-order valence-corrected chi connectivity index (χ2v) is 9.08. The molecule has 8 heteroatoms. The van der Waals surface area contributed by atoms with Crippen molar-refractivity contribution in [3.8, 4) is 0 Å². The lowest BCUT2D eigenvalue weighted by molar-refractivity contribution is -0.140. The second-order valence-electron chi connectivity index (χ2n) is 7.39. The number of benzene rings is 3. The maximum absolute atomic E-state index is 12.9. The lowest BCUT2D eigenvalue weighted by Crippen LogP contribution is -2.44. The molecule has 7 nitrogen and oxygen atoms in total. The number of hydrogen-bond donors (Lipinski definition) is 3. The van der Waals surface area contributed by atoms with Crippen LogP contribution in [-0.2, 0) is 14.8 Å². The smallest absolute Gasteiger partial charge is 0.325 e. The van der Waals surface area contributed by atoms with E-state index in [0.29, 0.717) is 11.3 Å². The van der Waals surface area contributed by atoms with E-state index in [-0.39, 0.29) is 17.2 Å². The molecular formula is C23H20N2O5S. The Morgan fingerprint density at radius 1 is 0.871 bits per heavy atom. The molecule has 0 heterocycles. The van der Waals surface area contributed by atoms with Crippen LogP contribution in [0.5, 0.6) is 0 Å². The summed E-state index contributed by atoms with van der Waals surface area (Å²) in [4.78, 5) is 24.1. The number of carbonyl (C=O) groups excluding carboxylic acids is 1. The molecular weight excluding hydrogens is 416 g/mol. The molecule has 0 unspecified atom stereocenters. The summed E-state index contributed by atoms with van der Waals surface area (Å²) in [6, 6.07) is 23.2. The molecule has 0 saturated heterocycles. The summed E-state index contributed by atoms with van der Waals surface area (Å²) in [5.41, 5.74) is 0.103. The number of anilines is 1. The molecule has 1 saturated carbocycles. The number of aliphatic carboxylic acids is 1. The van der Waals surface area contributed by atoms with Crippen molar-refractivity contribution in [2.45, 2.75) is 22.8 Å². The minimum atomic E-state index is -4.08. The first-order valence-corrected chi connectivity index (χ1v) is 11.1. The third-order valence-electron chi connectivity index (χ3n) is 5.32. The highest BCUT2D eigenvalue weighted by atomic mass is 32.2. The van der Waals surface area contributed by atoms with Crippen LogP contribution in [0.2, 0.25) is 0 Å². The van der Waals surface area contributed by atoms with Gasteiger partial charge in [0.2, 0.25) is 10.0 Å². The van der Waals surface area contributed by atoms with Crippen molar-refractivity contribution in [2.24, 2.45) is 0 Å². The Kier molecular flexibility index (Phi) is 5.34. The number of sulfonamides is 1. The molecule has 3 aromatic carbocycles. The van der Waals surface area contributed by atoms with Crippen LogP contribution in [0.25, 0.3) is 0 Å². The van der Waals surface area contributed by atoms with Gasteiger partial charge in [-0.05, 0) is 48.4 Å². The molecule has 4 rings (SSSR count). The van der Waals surface area contributed by atoms with Gasteiger partial charge in [-0.15, -0.1) is 0 Å². The zero-order valence-electron chi connectivity index (χ0n) is 16.4. The summed E-state index contributed by atoms with van der Waals surface area (Å²) >= 11 is 0.